The molecule has 0 spiro atoms. The van der Waals surface area contributed by atoms with Gasteiger partial charge in [0.15, 0.2) is 9.84 Å². The van der Waals surface area contributed by atoms with Gasteiger partial charge in [-0.25, -0.2) is 8.42 Å². The summed E-state index contributed by atoms with van der Waals surface area (Å²) in [5.41, 5.74) is 0.447. The van der Waals surface area contributed by atoms with E-state index in [0.29, 0.717) is 5.69 Å². The maximum Gasteiger partial charge on any atom is 0.153 e. The first kappa shape index (κ1) is 7.27. The van der Waals surface area contributed by atoms with Crippen LogP contribution in [-0.4, -0.2) is 19.8 Å². The second-order valence-electron chi connectivity index (χ2n) is 2.06. The monoisotopic (exact) mass is 161 g/mol. The average Bonchev–Trinajstić information content (AvgIpc) is 2.12. The zero-order valence-corrected chi connectivity index (χ0v) is 6.26. The van der Waals surface area contributed by atoms with Crippen LogP contribution in [0.1, 0.15) is 5.69 Å². The van der Waals surface area contributed by atoms with E-state index in [1.165, 1.54) is 12.3 Å². The molecule has 1 aromatic heterocycles. The Bertz CT molecular complexity index is 287. The van der Waals surface area contributed by atoms with Crippen molar-refractivity contribution >= 4 is 9.84 Å². The number of aromatic nitrogens is 1. The Morgan fingerprint density at radius 1 is 1.70 bits per heavy atom. The lowest BCUT2D eigenvalue weighted by molar-refractivity contribution is 0.414. The van der Waals surface area contributed by atoms with Gasteiger partial charge in [0.1, 0.15) is 6.26 Å². The molecule has 0 aliphatic heterocycles. The van der Waals surface area contributed by atoms with Crippen molar-refractivity contribution in [3.8, 4) is 0 Å². The van der Waals surface area contributed by atoms with Crippen LogP contribution < -0.4 is 0 Å². The number of rotatable bonds is 2. The number of sulfone groups is 1. The fraction of sp³-hybridized carbons (Fsp3) is 0.400. The van der Waals surface area contributed by atoms with Crippen LogP contribution in [0.4, 0.5) is 0 Å². The van der Waals surface area contributed by atoms with Crippen molar-refractivity contribution in [3.05, 3.63) is 18.0 Å². The molecular formula is C5H7NO3S. The summed E-state index contributed by atoms with van der Waals surface area (Å²) < 4.78 is 25.7. The number of hydrogen-bond donors (Lipinski definition) is 0. The molecule has 1 heterocycles. The van der Waals surface area contributed by atoms with Gasteiger partial charge in [-0.05, 0) is 0 Å². The van der Waals surface area contributed by atoms with Crippen molar-refractivity contribution in [2.24, 2.45) is 0 Å². The number of nitrogens with zero attached hydrogens (tertiary/aromatic N) is 1. The van der Waals surface area contributed by atoms with E-state index in [9.17, 15) is 8.42 Å². The molecule has 0 saturated carbocycles. The van der Waals surface area contributed by atoms with Crippen molar-refractivity contribution in [1.82, 2.24) is 5.16 Å². The highest BCUT2D eigenvalue weighted by atomic mass is 32.2. The van der Waals surface area contributed by atoms with E-state index in [0.717, 1.165) is 6.26 Å². The Morgan fingerprint density at radius 3 is 2.80 bits per heavy atom. The Kier molecular flexibility index (Phi) is 1.76. The van der Waals surface area contributed by atoms with Gasteiger partial charge in [0.25, 0.3) is 0 Å². The Labute approximate surface area is 58.8 Å². The van der Waals surface area contributed by atoms with Gasteiger partial charge in [-0.3, -0.25) is 0 Å². The zero-order chi connectivity index (χ0) is 7.61. The molecule has 0 atom stereocenters. The average molecular weight is 161 g/mol. The van der Waals surface area contributed by atoms with Gasteiger partial charge < -0.3 is 4.52 Å². The molecule has 1 rings (SSSR count). The van der Waals surface area contributed by atoms with Gasteiger partial charge in [0.05, 0.1) is 11.4 Å². The van der Waals surface area contributed by atoms with Crippen LogP contribution in [0.25, 0.3) is 0 Å². The SMILES string of the molecule is CS(=O)(=O)Cc1ccon1. The summed E-state index contributed by atoms with van der Waals surface area (Å²) >= 11 is 0. The standard InChI is InChI=1S/C5H7NO3S/c1-10(7,8)4-5-2-3-9-6-5/h2-3H,4H2,1H3. The summed E-state index contributed by atoms with van der Waals surface area (Å²) in [4.78, 5) is 0. The molecule has 10 heavy (non-hydrogen) atoms. The van der Waals surface area contributed by atoms with E-state index in [1.807, 2.05) is 0 Å². The van der Waals surface area contributed by atoms with Crippen LogP contribution in [0, 0.1) is 0 Å². The van der Waals surface area contributed by atoms with E-state index in [-0.39, 0.29) is 5.75 Å². The Balaban J connectivity index is 2.75. The summed E-state index contributed by atoms with van der Waals surface area (Å²) in [5, 5.41) is 3.45. The highest BCUT2D eigenvalue weighted by Gasteiger charge is 2.05. The van der Waals surface area contributed by atoms with Crippen LogP contribution >= 0.6 is 0 Å². The van der Waals surface area contributed by atoms with Gasteiger partial charge >= 0.3 is 0 Å². The molecule has 56 valence electrons. The van der Waals surface area contributed by atoms with Crippen molar-refractivity contribution < 1.29 is 12.9 Å². The smallest absolute Gasteiger partial charge is 0.153 e. The van der Waals surface area contributed by atoms with Gasteiger partial charge in [-0.15, -0.1) is 0 Å². The first-order chi connectivity index (χ1) is 4.58. The zero-order valence-electron chi connectivity index (χ0n) is 5.44. The minimum atomic E-state index is -2.97. The molecule has 0 aromatic carbocycles. The van der Waals surface area contributed by atoms with Gasteiger partial charge in [-0.1, -0.05) is 5.16 Å². The second kappa shape index (κ2) is 2.42. The van der Waals surface area contributed by atoms with E-state index in [2.05, 4.69) is 9.68 Å². The Hall–Kier alpha value is -0.840. The molecular weight excluding hydrogens is 154 g/mol. The molecule has 5 heteroatoms. The molecule has 1 aromatic rings. The summed E-state index contributed by atoms with van der Waals surface area (Å²) in [6.07, 6.45) is 2.50. The minimum Gasteiger partial charge on any atom is -0.364 e. The first-order valence-corrected chi connectivity index (χ1v) is 4.71. The Morgan fingerprint density at radius 2 is 2.40 bits per heavy atom. The highest BCUT2D eigenvalue weighted by molar-refractivity contribution is 7.89. The summed E-state index contributed by atoms with van der Waals surface area (Å²) in [6, 6.07) is 1.53. The van der Waals surface area contributed by atoms with Crippen LogP contribution in [0.3, 0.4) is 0 Å². The van der Waals surface area contributed by atoms with Crippen molar-refractivity contribution in [2.45, 2.75) is 5.75 Å². The molecule has 0 aliphatic carbocycles. The quantitative estimate of drug-likeness (QED) is 0.622. The fourth-order valence-corrected chi connectivity index (χ4v) is 1.27. The lowest BCUT2D eigenvalue weighted by Crippen LogP contribution is -2.00. The topological polar surface area (TPSA) is 60.2 Å². The van der Waals surface area contributed by atoms with Crippen LogP contribution in [0.5, 0.6) is 0 Å². The predicted octanol–water partition coefficient (Wildman–Crippen LogP) is 0.219. The first-order valence-electron chi connectivity index (χ1n) is 2.65. The summed E-state index contributed by atoms with van der Waals surface area (Å²) in [5.74, 6) is -0.0521. The number of hydrogen-bond acceptors (Lipinski definition) is 4. The summed E-state index contributed by atoms with van der Waals surface area (Å²) in [7, 11) is -2.97. The third kappa shape index (κ3) is 2.18. The van der Waals surface area contributed by atoms with Crippen LogP contribution in [0.2, 0.25) is 0 Å². The molecule has 0 radical (unpaired) electrons. The second-order valence-corrected chi connectivity index (χ2v) is 4.20. The normalized spacial score (nSPS) is 11.7. The van der Waals surface area contributed by atoms with Crippen LogP contribution in [-0.2, 0) is 15.6 Å². The van der Waals surface area contributed by atoms with Crippen molar-refractivity contribution in [2.75, 3.05) is 6.26 Å². The van der Waals surface area contributed by atoms with Gasteiger partial charge in [0, 0.05) is 12.3 Å². The van der Waals surface area contributed by atoms with E-state index < -0.39 is 9.84 Å². The molecule has 0 N–H and O–H groups in total. The lowest BCUT2D eigenvalue weighted by atomic mass is 10.5. The fourth-order valence-electron chi connectivity index (χ4n) is 0.581. The lowest BCUT2D eigenvalue weighted by Gasteiger charge is -1.88. The van der Waals surface area contributed by atoms with E-state index in [4.69, 9.17) is 0 Å². The maximum atomic E-state index is 10.6. The molecule has 4 nitrogen and oxygen atoms in total. The molecule has 0 aliphatic rings. The molecule has 0 amide bonds. The predicted molar refractivity (Wildman–Crippen MR) is 35.1 cm³/mol. The molecule has 0 unspecified atom stereocenters. The van der Waals surface area contributed by atoms with Crippen molar-refractivity contribution in [3.63, 3.8) is 0 Å². The molecule has 0 bridgehead atoms. The minimum absolute atomic E-state index is 0.0521. The van der Waals surface area contributed by atoms with Gasteiger partial charge in [0.2, 0.25) is 0 Å². The molecule has 0 saturated heterocycles. The molecule has 0 fully saturated rings. The van der Waals surface area contributed by atoms with Gasteiger partial charge in [-0.2, -0.15) is 0 Å². The highest BCUT2D eigenvalue weighted by Crippen LogP contribution is 1.99. The largest absolute Gasteiger partial charge is 0.364 e. The summed E-state index contributed by atoms with van der Waals surface area (Å²) in [6.45, 7) is 0. The van der Waals surface area contributed by atoms with Crippen LogP contribution in [0.15, 0.2) is 16.9 Å². The maximum absolute atomic E-state index is 10.6. The van der Waals surface area contributed by atoms with Crippen molar-refractivity contribution in [1.29, 1.82) is 0 Å². The third-order valence-corrected chi connectivity index (χ3v) is 1.72. The third-order valence-electron chi connectivity index (χ3n) is 0.901. The van der Waals surface area contributed by atoms with E-state index in [1.54, 1.807) is 0 Å². The van der Waals surface area contributed by atoms with E-state index >= 15 is 0 Å².